The van der Waals surface area contributed by atoms with Crippen LogP contribution in [-0.2, 0) is 4.79 Å². The topological polar surface area (TPSA) is 112 Å². The Bertz CT molecular complexity index is 1500. The fourth-order valence-electron chi connectivity index (χ4n) is 4.55. The largest absolute Gasteiger partial charge is 0.480 e. The Balaban J connectivity index is 1.72. The molecule has 7 heteroatoms. The molecule has 0 aliphatic heterocycles. The molecular formula is C31H29N3O4. The number of carbonyl (C=O) groups excluding carboxylic acids is 1. The van der Waals surface area contributed by atoms with Crippen molar-refractivity contribution in [2.45, 2.75) is 26.2 Å². The van der Waals surface area contributed by atoms with Crippen LogP contribution in [0.2, 0.25) is 0 Å². The number of nitrogens with zero attached hydrogens (tertiary/aromatic N) is 2. The summed E-state index contributed by atoms with van der Waals surface area (Å²) in [5.41, 5.74) is 7.63. The second kappa shape index (κ2) is 12.0. The van der Waals surface area contributed by atoms with Crippen LogP contribution in [0.15, 0.2) is 96.3 Å². The maximum absolute atomic E-state index is 12.4. The van der Waals surface area contributed by atoms with Crippen molar-refractivity contribution in [1.29, 1.82) is 0 Å². The monoisotopic (exact) mass is 507 g/mol. The van der Waals surface area contributed by atoms with Crippen molar-refractivity contribution >= 4 is 17.6 Å². The van der Waals surface area contributed by atoms with Crippen molar-refractivity contribution in [2.24, 2.45) is 5.16 Å². The lowest BCUT2D eigenvalue weighted by molar-refractivity contribution is -0.135. The average molecular weight is 508 g/mol. The number of carbonyl (C=O) groups is 2. The number of rotatable bonds is 9. The highest BCUT2D eigenvalue weighted by molar-refractivity contribution is 6.01. The minimum absolute atomic E-state index is 0.0995. The minimum atomic E-state index is -1.10. The molecule has 0 saturated heterocycles. The normalized spacial score (nSPS) is 12.1. The van der Waals surface area contributed by atoms with Crippen molar-refractivity contribution in [3.63, 3.8) is 0 Å². The second-order valence-electron chi connectivity index (χ2n) is 9.13. The summed E-state index contributed by atoms with van der Waals surface area (Å²) in [5.74, 6) is -1.64. The van der Waals surface area contributed by atoms with Crippen molar-refractivity contribution in [2.75, 3.05) is 6.54 Å². The number of aryl methyl sites for hydroxylation is 2. The first kappa shape index (κ1) is 26.3. The Morgan fingerprint density at radius 1 is 0.895 bits per heavy atom. The van der Waals surface area contributed by atoms with E-state index < -0.39 is 18.4 Å². The molecule has 0 spiro atoms. The molecule has 7 nitrogen and oxygen atoms in total. The van der Waals surface area contributed by atoms with E-state index >= 15 is 0 Å². The van der Waals surface area contributed by atoms with Crippen LogP contribution in [0.1, 0.15) is 50.6 Å². The van der Waals surface area contributed by atoms with Gasteiger partial charge in [0.25, 0.3) is 5.91 Å². The molecular weight excluding hydrogens is 478 g/mol. The van der Waals surface area contributed by atoms with Crippen LogP contribution in [0.5, 0.6) is 0 Å². The predicted molar refractivity (Wildman–Crippen MR) is 147 cm³/mol. The Hall–Kier alpha value is -4.78. The molecule has 0 bridgehead atoms. The van der Waals surface area contributed by atoms with Gasteiger partial charge in [-0.2, -0.15) is 0 Å². The van der Waals surface area contributed by atoms with Crippen LogP contribution < -0.4 is 5.32 Å². The van der Waals surface area contributed by atoms with Gasteiger partial charge in [0.05, 0.1) is 5.71 Å². The Morgan fingerprint density at radius 2 is 1.63 bits per heavy atom. The summed E-state index contributed by atoms with van der Waals surface area (Å²) in [6.07, 6.45) is 2.17. The van der Waals surface area contributed by atoms with E-state index in [9.17, 15) is 14.8 Å². The third-order valence-electron chi connectivity index (χ3n) is 6.46. The van der Waals surface area contributed by atoms with E-state index in [4.69, 9.17) is 5.11 Å². The van der Waals surface area contributed by atoms with Crippen molar-refractivity contribution in [3.8, 4) is 11.1 Å². The molecule has 3 N–H and O–H groups in total. The lowest BCUT2D eigenvalue weighted by atomic mass is 9.82. The highest BCUT2D eigenvalue weighted by Crippen LogP contribution is 2.34. The standard InChI is InChI=1S/C31H29N3O4/c1-20-7-3-4-12-27(20)28(18-29(34-38)25-13-14-32-21(2)15-25)24-10-5-8-22(16-24)23-9-6-11-26(17-23)31(37)33-19-30(35)36/h3-17,28,38H,18-19H2,1-2H3,(H,33,37)(H,35,36)/b34-29-. The number of aliphatic carboxylic acids is 1. The summed E-state index contributed by atoms with van der Waals surface area (Å²) < 4.78 is 0. The molecule has 0 aliphatic carbocycles. The molecule has 38 heavy (non-hydrogen) atoms. The quantitative estimate of drug-likeness (QED) is 0.156. The van der Waals surface area contributed by atoms with Gasteiger partial charge in [-0.25, -0.2) is 0 Å². The van der Waals surface area contributed by atoms with E-state index in [1.807, 2.05) is 49.4 Å². The van der Waals surface area contributed by atoms with Gasteiger partial charge in [0, 0.05) is 35.4 Å². The van der Waals surface area contributed by atoms with E-state index in [0.717, 1.165) is 39.1 Å². The predicted octanol–water partition coefficient (Wildman–Crippen LogP) is 5.58. The number of nitrogens with one attached hydrogen (secondary N) is 1. The lowest BCUT2D eigenvalue weighted by Crippen LogP contribution is -2.29. The van der Waals surface area contributed by atoms with Crippen LogP contribution in [-0.4, -0.2) is 39.4 Å². The fraction of sp³-hybridized carbons (Fsp3) is 0.161. The number of benzene rings is 3. The third-order valence-corrected chi connectivity index (χ3v) is 6.46. The molecule has 0 fully saturated rings. The molecule has 192 valence electrons. The van der Waals surface area contributed by atoms with Crippen molar-refractivity contribution in [3.05, 3.63) is 125 Å². The molecule has 1 heterocycles. The fourth-order valence-corrected chi connectivity index (χ4v) is 4.55. The SMILES string of the molecule is Cc1cc(/C(CC(c2cccc(-c3cccc(C(=O)NCC(=O)O)c3)c2)c2ccccc2C)=N\O)ccn1. The summed E-state index contributed by atoms with van der Waals surface area (Å²) >= 11 is 0. The molecule has 1 amide bonds. The van der Waals surface area contributed by atoms with E-state index in [1.165, 1.54) is 0 Å². The van der Waals surface area contributed by atoms with Gasteiger partial charge in [-0.1, -0.05) is 65.8 Å². The second-order valence-corrected chi connectivity index (χ2v) is 9.13. The molecule has 1 atom stereocenters. The van der Waals surface area contributed by atoms with Gasteiger partial charge in [0.1, 0.15) is 6.54 Å². The number of carboxylic acid groups (broad SMARTS) is 1. The summed E-state index contributed by atoms with van der Waals surface area (Å²) in [4.78, 5) is 27.5. The van der Waals surface area contributed by atoms with Crippen LogP contribution in [0.25, 0.3) is 11.1 Å². The lowest BCUT2D eigenvalue weighted by Gasteiger charge is -2.22. The Labute approximate surface area is 221 Å². The number of hydrogen-bond donors (Lipinski definition) is 3. The highest BCUT2D eigenvalue weighted by Gasteiger charge is 2.21. The van der Waals surface area contributed by atoms with Gasteiger partial charge >= 0.3 is 5.97 Å². The summed E-state index contributed by atoms with van der Waals surface area (Å²) in [6, 6.07) is 27.1. The number of carboxylic acids is 1. The van der Waals surface area contributed by atoms with E-state index in [0.29, 0.717) is 17.7 Å². The first-order chi connectivity index (χ1) is 18.4. The maximum atomic E-state index is 12.4. The van der Waals surface area contributed by atoms with E-state index in [2.05, 4.69) is 46.6 Å². The first-order valence-electron chi connectivity index (χ1n) is 12.3. The molecule has 0 saturated carbocycles. The van der Waals surface area contributed by atoms with Crippen LogP contribution in [0.4, 0.5) is 0 Å². The van der Waals surface area contributed by atoms with Crippen LogP contribution >= 0.6 is 0 Å². The summed E-state index contributed by atoms with van der Waals surface area (Å²) in [7, 11) is 0. The van der Waals surface area contributed by atoms with Crippen molar-refractivity contribution < 1.29 is 19.9 Å². The Kier molecular flexibility index (Phi) is 8.28. The number of oxime groups is 1. The highest BCUT2D eigenvalue weighted by atomic mass is 16.4. The average Bonchev–Trinajstić information content (AvgIpc) is 2.93. The van der Waals surface area contributed by atoms with Gasteiger partial charge in [0.15, 0.2) is 0 Å². The molecule has 0 radical (unpaired) electrons. The van der Waals surface area contributed by atoms with E-state index in [-0.39, 0.29) is 5.92 Å². The minimum Gasteiger partial charge on any atom is -0.480 e. The molecule has 4 rings (SSSR count). The van der Waals surface area contributed by atoms with Crippen LogP contribution in [0, 0.1) is 13.8 Å². The molecule has 1 aromatic heterocycles. The molecule has 1 unspecified atom stereocenters. The smallest absolute Gasteiger partial charge is 0.322 e. The summed E-state index contributed by atoms with van der Waals surface area (Å²) in [5, 5.41) is 24.9. The van der Waals surface area contributed by atoms with Gasteiger partial charge in [-0.05, 0) is 65.9 Å². The van der Waals surface area contributed by atoms with Gasteiger partial charge in [0.2, 0.25) is 0 Å². The number of amides is 1. The van der Waals surface area contributed by atoms with Crippen molar-refractivity contribution in [1.82, 2.24) is 10.3 Å². The number of hydrogen-bond acceptors (Lipinski definition) is 5. The summed E-state index contributed by atoms with van der Waals surface area (Å²) in [6.45, 7) is 3.52. The first-order valence-corrected chi connectivity index (χ1v) is 12.3. The van der Waals surface area contributed by atoms with Crippen LogP contribution in [0.3, 0.4) is 0 Å². The zero-order valence-corrected chi connectivity index (χ0v) is 21.3. The van der Waals surface area contributed by atoms with Gasteiger partial charge < -0.3 is 15.6 Å². The van der Waals surface area contributed by atoms with E-state index in [1.54, 1.807) is 24.4 Å². The zero-order chi connectivity index (χ0) is 27.1. The zero-order valence-electron chi connectivity index (χ0n) is 21.3. The number of pyridine rings is 1. The third kappa shape index (κ3) is 6.31. The molecule has 3 aromatic carbocycles. The Morgan fingerprint density at radius 3 is 2.34 bits per heavy atom. The molecule has 4 aromatic rings. The molecule has 0 aliphatic rings. The maximum Gasteiger partial charge on any atom is 0.322 e. The van der Waals surface area contributed by atoms with Gasteiger partial charge in [-0.15, -0.1) is 0 Å². The van der Waals surface area contributed by atoms with Gasteiger partial charge in [-0.3, -0.25) is 14.6 Å². The number of aromatic nitrogens is 1.